The molecule has 2 aromatic rings. The molecule has 0 aliphatic heterocycles. The maximum absolute atomic E-state index is 12.8. The van der Waals surface area contributed by atoms with E-state index in [2.05, 4.69) is 25.1 Å². The van der Waals surface area contributed by atoms with E-state index in [0.29, 0.717) is 22.7 Å². The summed E-state index contributed by atoms with van der Waals surface area (Å²) in [5.41, 5.74) is 7.20. The van der Waals surface area contributed by atoms with Gasteiger partial charge in [-0.3, -0.25) is 4.79 Å². The third kappa shape index (κ3) is 6.00. The van der Waals surface area contributed by atoms with Gasteiger partial charge in [0.2, 0.25) is 0 Å². The van der Waals surface area contributed by atoms with Crippen molar-refractivity contribution < 1.29 is 23.8 Å². The Morgan fingerprint density at radius 3 is 2.10 bits per heavy atom. The average Bonchev–Trinajstić information content (AvgIpc) is 2.74. The molecule has 0 atom stereocenters. The lowest BCUT2D eigenvalue weighted by Crippen LogP contribution is -2.15. The van der Waals surface area contributed by atoms with Crippen molar-refractivity contribution in [1.29, 1.82) is 0 Å². The molecule has 7 nitrogen and oxygen atoms in total. The van der Waals surface area contributed by atoms with Crippen molar-refractivity contribution in [1.82, 2.24) is 0 Å². The molecule has 1 amide bonds. The molecule has 3 N–H and O–H groups in total. The number of nitrogens with one attached hydrogen (secondary N) is 1. The molecule has 0 bridgehead atoms. The molecule has 0 aromatic heterocycles. The number of nitrogen functional groups attached to an aromatic ring is 1. The standard InChI is InChI=1S/C23H24N2O5/c1-4-11-28-20-14-16(24)7-9-18(20)22(26)25-17-8-10-19(23(27)30-13-6-3)21(15-17)29-12-5-2/h4-10,14-15H,1-3,11-13,24H2,(H,25,26). The lowest BCUT2D eigenvalue weighted by Gasteiger charge is -2.14. The normalized spacial score (nSPS) is 9.87. The summed E-state index contributed by atoms with van der Waals surface area (Å²) in [6.07, 6.45) is 4.58. The summed E-state index contributed by atoms with van der Waals surface area (Å²) in [7, 11) is 0. The molecule has 0 heterocycles. The van der Waals surface area contributed by atoms with Crippen LogP contribution in [0.5, 0.6) is 11.5 Å². The summed E-state index contributed by atoms with van der Waals surface area (Å²) in [5, 5.41) is 2.76. The molecule has 7 heteroatoms. The van der Waals surface area contributed by atoms with Gasteiger partial charge in [0.05, 0.1) is 5.56 Å². The maximum Gasteiger partial charge on any atom is 0.342 e. The Kier molecular flexibility index (Phi) is 8.26. The van der Waals surface area contributed by atoms with Gasteiger partial charge in [0.15, 0.2) is 0 Å². The fourth-order valence-corrected chi connectivity index (χ4v) is 2.44. The van der Waals surface area contributed by atoms with Crippen LogP contribution >= 0.6 is 0 Å². The third-order valence-electron chi connectivity index (χ3n) is 3.76. The first kappa shape index (κ1) is 22.3. The predicted octanol–water partition coefficient (Wildman–Crippen LogP) is 3.99. The van der Waals surface area contributed by atoms with E-state index in [9.17, 15) is 9.59 Å². The van der Waals surface area contributed by atoms with Gasteiger partial charge < -0.3 is 25.3 Å². The van der Waals surface area contributed by atoms with E-state index >= 15 is 0 Å². The highest BCUT2D eigenvalue weighted by Crippen LogP contribution is 2.27. The number of rotatable bonds is 11. The van der Waals surface area contributed by atoms with Crippen molar-refractivity contribution in [2.45, 2.75) is 0 Å². The number of carbonyl (C=O) groups is 2. The zero-order valence-corrected chi connectivity index (χ0v) is 16.6. The molecule has 0 aliphatic carbocycles. The topological polar surface area (TPSA) is 99.9 Å². The second-order valence-corrected chi connectivity index (χ2v) is 6.01. The Balaban J connectivity index is 2.28. The fraction of sp³-hybridized carbons (Fsp3) is 0.130. The summed E-state index contributed by atoms with van der Waals surface area (Å²) >= 11 is 0. The number of amides is 1. The van der Waals surface area contributed by atoms with Crippen LogP contribution < -0.4 is 20.5 Å². The second-order valence-electron chi connectivity index (χ2n) is 6.01. The Morgan fingerprint density at radius 2 is 1.47 bits per heavy atom. The number of carbonyl (C=O) groups excluding carboxylic acids is 2. The number of hydrogen-bond acceptors (Lipinski definition) is 6. The van der Waals surface area contributed by atoms with E-state index in [4.69, 9.17) is 19.9 Å². The van der Waals surface area contributed by atoms with Crippen LogP contribution in [-0.2, 0) is 4.74 Å². The molecule has 0 fully saturated rings. The number of benzene rings is 2. The SMILES string of the molecule is C=CCOC(=O)c1ccc(NC(=O)c2ccc(N)cc2OCC=C)cc1OCC=C. The van der Waals surface area contributed by atoms with Gasteiger partial charge in [-0.05, 0) is 24.3 Å². The largest absolute Gasteiger partial charge is 0.489 e. The average molecular weight is 408 g/mol. The minimum absolute atomic E-state index is 0.0723. The minimum Gasteiger partial charge on any atom is -0.489 e. The van der Waals surface area contributed by atoms with Gasteiger partial charge in [-0.2, -0.15) is 0 Å². The zero-order valence-electron chi connectivity index (χ0n) is 16.6. The highest BCUT2D eigenvalue weighted by molar-refractivity contribution is 6.07. The van der Waals surface area contributed by atoms with E-state index in [1.54, 1.807) is 36.4 Å². The van der Waals surface area contributed by atoms with Crippen LogP contribution in [-0.4, -0.2) is 31.7 Å². The lowest BCUT2D eigenvalue weighted by atomic mass is 10.1. The summed E-state index contributed by atoms with van der Waals surface area (Å²) in [6.45, 7) is 11.2. The molecule has 0 aliphatic rings. The molecule has 0 spiro atoms. The number of ether oxygens (including phenoxy) is 3. The van der Waals surface area contributed by atoms with E-state index in [1.165, 1.54) is 18.2 Å². The van der Waals surface area contributed by atoms with Crippen LogP contribution in [0.3, 0.4) is 0 Å². The zero-order chi connectivity index (χ0) is 21.9. The first-order valence-electron chi connectivity index (χ1n) is 9.10. The molecule has 2 aromatic carbocycles. The summed E-state index contributed by atoms with van der Waals surface area (Å²) in [6, 6.07) is 9.36. The van der Waals surface area contributed by atoms with Gasteiger partial charge >= 0.3 is 5.97 Å². The summed E-state index contributed by atoms with van der Waals surface area (Å²) in [5.74, 6) is -0.390. The van der Waals surface area contributed by atoms with Crippen LogP contribution in [0.2, 0.25) is 0 Å². The van der Waals surface area contributed by atoms with Gasteiger partial charge in [-0.1, -0.05) is 38.0 Å². The molecule has 0 radical (unpaired) electrons. The van der Waals surface area contributed by atoms with Gasteiger partial charge in [-0.25, -0.2) is 4.79 Å². The second kappa shape index (κ2) is 11.1. The molecule has 30 heavy (non-hydrogen) atoms. The monoisotopic (exact) mass is 408 g/mol. The molecule has 0 saturated carbocycles. The van der Waals surface area contributed by atoms with Crippen LogP contribution in [0.4, 0.5) is 11.4 Å². The molecular formula is C23H24N2O5. The van der Waals surface area contributed by atoms with Gasteiger partial charge in [-0.15, -0.1) is 0 Å². The van der Waals surface area contributed by atoms with Gasteiger partial charge in [0.1, 0.15) is 36.9 Å². The molecule has 0 unspecified atom stereocenters. The Labute approximate surface area is 175 Å². The van der Waals surface area contributed by atoms with Crippen LogP contribution in [0.1, 0.15) is 20.7 Å². The van der Waals surface area contributed by atoms with Crippen LogP contribution in [0, 0.1) is 0 Å². The van der Waals surface area contributed by atoms with E-state index in [-0.39, 0.29) is 31.1 Å². The summed E-state index contributed by atoms with van der Waals surface area (Å²) in [4.78, 5) is 25.0. The number of anilines is 2. The van der Waals surface area contributed by atoms with Crippen molar-refractivity contribution in [3.63, 3.8) is 0 Å². The van der Waals surface area contributed by atoms with Crippen molar-refractivity contribution >= 4 is 23.3 Å². The first-order valence-corrected chi connectivity index (χ1v) is 9.10. The molecule has 156 valence electrons. The highest BCUT2D eigenvalue weighted by Gasteiger charge is 2.17. The smallest absolute Gasteiger partial charge is 0.342 e. The van der Waals surface area contributed by atoms with E-state index in [0.717, 1.165) is 0 Å². The van der Waals surface area contributed by atoms with E-state index in [1.807, 2.05) is 0 Å². The molecular weight excluding hydrogens is 384 g/mol. The lowest BCUT2D eigenvalue weighted by molar-refractivity contribution is 0.0545. The number of nitrogens with two attached hydrogens (primary N) is 1. The Morgan fingerprint density at radius 1 is 0.867 bits per heavy atom. The van der Waals surface area contributed by atoms with Gasteiger partial charge in [0, 0.05) is 23.5 Å². The number of esters is 1. The van der Waals surface area contributed by atoms with Crippen LogP contribution in [0.15, 0.2) is 74.4 Å². The first-order chi connectivity index (χ1) is 14.5. The quantitative estimate of drug-likeness (QED) is 0.331. The number of hydrogen-bond donors (Lipinski definition) is 2. The third-order valence-corrected chi connectivity index (χ3v) is 3.76. The van der Waals surface area contributed by atoms with Crippen LogP contribution in [0.25, 0.3) is 0 Å². The van der Waals surface area contributed by atoms with Gasteiger partial charge in [0.25, 0.3) is 5.91 Å². The fourth-order valence-electron chi connectivity index (χ4n) is 2.44. The van der Waals surface area contributed by atoms with E-state index < -0.39 is 11.9 Å². The molecule has 2 rings (SSSR count). The van der Waals surface area contributed by atoms with Crippen molar-refractivity contribution in [3.8, 4) is 11.5 Å². The minimum atomic E-state index is -0.564. The highest BCUT2D eigenvalue weighted by atomic mass is 16.5. The maximum atomic E-state index is 12.8. The Bertz CT molecular complexity index is 953. The van der Waals surface area contributed by atoms with Crippen molar-refractivity contribution in [3.05, 3.63) is 85.5 Å². The van der Waals surface area contributed by atoms with Crippen molar-refractivity contribution in [2.75, 3.05) is 30.9 Å². The Hall–Kier alpha value is -4.00. The predicted molar refractivity (Wildman–Crippen MR) is 117 cm³/mol. The summed E-state index contributed by atoms with van der Waals surface area (Å²) < 4.78 is 16.2. The van der Waals surface area contributed by atoms with Crippen molar-refractivity contribution in [2.24, 2.45) is 0 Å². The molecule has 0 saturated heterocycles.